The third-order valence-electron chi connectivity index (χ3n) is 3.99. The monoisotopic (exact) mass is 271 g/mol. The van der Waals surface area contributed by atoms with Crippen LogP contribution >= 0.6 is 0 Å². The lowest BCUT2D eigenvalue weighted by molar-refractivity contribution is -0.138. The molecular weight excluding hydrogens is 251 g/mol. The molecule has 1 nitrogen and oxygen atoms in total. The molecule has 1 aromatic rings. The topological polar surface area (TPSA) is 12.0 Å². The average molecular weight is 271 g/mol. The molecule has 106 valence electrons. The maximum Gasteiger partial charge on any atom is 0.416 e. The molecule has 1 saturated carbocycles. The predicted molar refractivity (Wildman–Crippen MR) is 69.7 cm³/mol. The van der Waals surface area contributed by atoms with Gasteiger partial charge in [0.15, 0.2) is 0 Å². The second kappa shape index (κ2) is 5.95. The first-order valence-corrected chi connectivity index (χ1v) is 6.87. The van der Waals surface area contributed by atoms with Gasteiger partial charge < -0.3 is 5.32 Å². The zero-order valence-electron chi connectivity index (χ0n) is 11.1. The minimum absolute atomic E-state index is 0.296. The van der Waals surface area contributed by atoms with Gasteiger partial charge in [-0.2, -0.15) is 13.2 Å². The minimum atomic E-state index is -4.27. The molecule has 4 heteroatoms. The number of alkyl halides is 3. The van der Waals surface area contributed by atoms with Crippen LogP contribution in [0.1, 0.15) is 43.7 Å². The van der Waals surface area contributed by atoms with Crippen molar-refractivity contribution >= 4 is 0 Å². The van der Waals surface area contributed by atoms with E-state index in [1.54, 1.807) is 12.1 Å². The van der Waals surface area contributed by atoms with E-state index in [1.807, 2.05) is 0 Å². The Morgan fingerprint density at radius 1 is 1.16 bits per heavy atom. The molecular formula is C15H20F3N. The van der Waals surface area contributed by atoms with E-state index in [0.29, 0.717) is 24.1 Å². The molecule has 0 heterocycles. The molecule has 0 aromatic heterocycles. The van der Waals surface area contributed by atoms with Gasteiger partial charge in [-0.1, -0.05) is 38.0 Å². The molecule has 1 aromatic carbocycles. The van der Waals surface area contributed by atoms with E-state index in [1.165, 1.54) is 25.3 Å². The maximum atomic E-state index is 12.9. The van der Waals surface area contributed by atoms with Gasteiger partial charge in [0.05, 0.1) is 5.56 Å². The van der Waals surface area contributed by atoms with Gasteiger partial charge in [0.2, 0.25) is 0 Å². The van der Waals surface area contributed by atoms with Crippen molar-refractivity contribution in [3.05, 3.63) is 35.4 Å². The lowest BCUT2D eigenvalue weighted by Crippen LogP contribution is -2.37. The van der Waals surface area contributed by atoms with Crippen LogP contribution in [0.4, 0.5) is 13.2 Å². The molecule has 2 rings (SSSR count). The summed E-state index contributed by atoms with van der Waals surface area (Å²) < 4.78 is 38.6. The molecule has 2 atom stereocenters. The highest BCUT2D eigenvalue weighted by atomic mass is 19.4. The summed E-state index contributed by atoms with van der Waals surface area (Å²) in [5.74, 6) is 0.548. The van der Waals surface area contributed by atoms with Crippen molar-refractivity contribution in [1.29, 1.82) is 0 Å². The summed E-state index contributed by atoms with van der Waals surface area (Å²) in [5.41, 5.74) is -0.182. The second-order valence-corrected chi connectivity index (χ2v) is 5.40. The van der Waals surface area contributed by atoms with E-state index in [0.717, 1.165) is 12.5 Å². The third-order valence-corrected chi connectivity index (χ3v) is 3.99. The summed E-state index contributed by atoms with van der Waals surface area (Å²) in [4.78, 5) is 0. The third kappa shape index (κ3) is 3.72. The zero-order valence-corrected chi connectivity index (χ0v) is 11.1. The fraction of sp³-hybridized carbons (Fsp3) is 0.600. The first kappa shape index (κ1) is 14.4. The largest absolute Gasteiger partial charge is 0.416 e. The van der Waals surface area contributed by atoms with Gasteiger partial charge in [-0.15, -0.1) is 0 Å². The molecule has 0 amide bonds. The van der Waals surface area contributed by atoms with Gasteiger partial charge in [0, 0.05) is 12.6 Å². The number of halogens is 3. The lowest BCUT2D eigenvalue weighted by atomic mass is 9.86. The fourth-order valence-corrected chi connectivity index (χ4v) is 2.81. The standard InChI is InChI=1S/C15H20F3N/c1-11-6-2-5-9-14(11)19-10-12-7-3-4-8-13(12)15(16,17)18/h3-4,7-8,11,14,19H,2,5-6,9-10H2,1H3. The Morgan fingerprint density at radius 2 is 1.84 bits per heavy atom. The molecule has 19 heavy (non-hydrogen) atoms. The van der Waals surface area contributed by atoms with E-state index in [-0.39, 0.29) is 0 Å². The van der Waals surface area contributed by atoms with Crippen molar-refractivity contribution in [1.82, 2.24) is 5.32 Å². The van der Waals surface area contributed by atoms with Gasteiger partial charge in [0.25, 0.3) is 0 Å². The molecule has 1 aliphatic carbocycles. The molecule has 1 fully saturated rings. The summed E-state index contributed by atoms with van der Waals surface area (Å²) in [6.45, 7) is 2.47. The molecule has 1 N–H and O–H groups in total. The van der Waals surface area contributed by atoms with Crippen molar-refractivity contribution < 1.29 is 13.2 Å². The number of hydrogen-bond donors (Lipinski definition) is 1. The van der Waals surface area contributed by atoms with Crippen molar-refractivity contribution in [3.63, 3.8) is 0 Å². The molecule has 0 bridgehead atoms. The normalized spacial score (nSPS) is 24.4. The Hall–Kier alpha value is -1.03. The molecule has 0 saturated heterocycles. The summed E-state index contributed by atoms with van der Waals surface area (Å²) in [7, 11) is 0. The van der Waals surface area contributed by atoms with Crippen LogP contribution in [0.3, 0.4) is 0 Å². The summed E-state index contributed by atoms with van der Waals surface area (Å²) in [6.07, 6.45) is 0.367. The highest BCUT2D eigenvalue weighted by molar-refractivity contribution is 5.29. The zero-order chi connectivity index (χ0) is 13.9. The van der Waals surface area contributed by atoms with E-state index in [4.69, 9.17) is 0 Å². The van der Waals surface area contributed by atoms with E-state index in [9.17, 15) is 13.2 Å². The number of hydrogen-bond acceptors (Lipinski definition) is 1. The molecule has 0 aliphatic heterocycles. The van der Waals surface area contributed by atoms with E-state index >= 15 is 0 Å². The molecule has 0 spiro atoms. The first-order valence-electron chi connectivity index (χ1n) is 6.87. The summed E-state index contributed by atoms with van der Waals surface area (Å²) in [5, 5.41) is 3.30. The Balaban J connectivity index is 2.03. The van der Waals surface area contributed by atoms with E-state index in [2.05, 4.69) is 12.2 Å². The molecule has 0 radical (unpaired) electrons. The molecule has 1 aliphatic rings. The molecule has 2 unspecified atom stereocenters. The predicted octanol–water partition coefficient (Wildman–Crippen LogP) is 4.37. The van der Waals surface area contributed by atoms with Gasteiger partial charge >= 0.3 is 6.18 Å². The Kier molecular flexibility index (Phi) is 4.50. The highest BCUT2D eigenvalue weighted by Gasteiger charge is 2.33. The van der Waals surface area contributed by atoms with Crippen LogP contribution in [0, 0.1) is 5.92 Å². The summed E-state index contributed by atoms with van der Waals surface area (Å²) >= 11 is 0. The SMILES string of the molecule is CC1CCCCC1NCc1ccccc1C(F)(F)F. The van der Waals surface area contributed by atoms with Crippen LogP contribution < -0.4 is 5.32 Å². The van der Waals surface area contributed by atoms with Gasteiger partial charge in [-0.3, -0.25) is 0 Å². The van der Waals surface area contributed by atoms with Gasteiger partial charge in [0.1, 0.15) is 0 Å². The van der Waals surface area contributed by atoms with E-state index < -0.39 is 11.7 Å². The lowest BCUT2D eigenvalue weighted by Gasteiger charge is -2.30. The van der Waals surface area contributed by atoms with Crippen LogP contribution in [0.25, 0.3) is 0 Å². The first-order chi connectivity index (χ1) is 8.98. The van der Waals surface area contributed by atoms with Crippen molar-refractivity contribution in [2.45, 2.75) is 51.4 Å². The smallest absolute Gasteiger partial charge is 0.310 e. The average Bonchev–Trinajstić information content (AvgIpc) is 2.37. The minimum Gasteiger partial charge on any atom is -0.310 e. The van der Waals surface area contributed by atoms with Crippen LogP contribution in [-0.2, 0) is 12.7 Å². The van der Waals surface area contributed by atoms with Gasteiger partial charge in [-0.25, -0.2) is 0 Å². The number of rotatable bonds is 3. The van der Waals surface area contributed by atoms with Crippen LogP contribution in [0.15, 0.2) is 24.3 Å². The van der Waals surface area contributed by atoms with Crippen LogP contribution in [0.5, 0.6) is 0 Å². The van der Waals surface area contributed by atoms with Crippen molar-refractivity contribution in [2.24, 2.45) is 5.92 Å². The fourth-order valence-electron chi connectivity index (χ4n) is 2.81. The van der Waals surface area contributed by atoms with Crippen LogP contribution in [-0.4, -0.2) is 6.04 Å². The Morgan fingerprint density at radius 3 is 2.53 bits per heavy atom. The second-order valence-electron chi connectivity index (χ2n) is 5.40. The number of benzene rings is 1. The highest BCUT2D eigenvalue weighted by Crippen LogP contribution is 2.32. The van der Waals surface area contributed by atoms with Gasteiger partial charge in [-0.05, 0) is 30.4 Å². The maximum absolute atomic E-state index is 12.9. The quantitative estimate of drug-likeness (QED) is 0.860. The van der Waals surface area contributed by atoms with Crippen molar-refractivity contribution in [2.75, 3.05) is 0 Å². The van der Waals surface area contributed by atoms with Crippen molar-refractivity contribution in [3.8, 4) is 0 Å². The number of nitrogens with one attached hydrogen (secondary N) is 1. The summed E-state index contributed by atoms with van der Waals surface area (Å²) in [6, 6.07) is 6.16. The Labute approximate surface area is 112 Å². The Bertz CT molecular complexity index is 414. The van der Waals surface area contributed by atoms with Crippen LogP contribution in [0.2, 0.25) is 0 Å².